The average Bonchev–Trinajstić information content (AvgIpc) is 3.13. The first-order chi connectivity index (χ1) is 13.1. The van der Waals surface area contributed by atoms with Gasteiger partial charge in [0.15, 0.2) is 5.65 Å². The van der Waals surface area contributed by atoms with E-state index in [1.54, 1.807) is 16.8 Å². The van der Waals surface area contributed by atoms with Gasteiger partial charge in [-0.3, -0.25) is 14.9 Å². The quantitative estimate of drug-likeness (QED) is 0.315. The number of aromatic nitrogens is 4. The third-order valence-corrected chi connectivity index (χ3v) is 3.91. The highest BCUT2D eigenvalue weighted by Crippen LogP contribution is 2.13. The van der Waals surface area contributed by atoms with Crippen molar-refractivity contribution in [1.82, 2.24) is 19.4 Å². The summed E-state index contributed by atoms with van der Waals surface area (Å²) < 4.78 is 2.68. The molecule has 4 aromatic rings. The van der Waals surface area contributed by atoms with Gasteiger partial charge >= 0.3 is 0 Å². The van der Waals surface area contributed by atoms with Gasteiger partial charge in [-0.05, 0) is 29.8 Å². The second-order valence-corrected chi connectivity index (χ2v) is 5.62. The number of nitro benzene ring substituents is 1. The van der Waals surface area contributed by atoms with E-state index in [0.29, 0.717) is 16.6 Å². The topological polar surface area (TPSA) is 108 Å². The summed E-state index contributed by atoms with van der Waals surface area (Å²) in [6.07, 6.45) is 4.20. The van der Waals surface area contributed by atoms with Crippen molar-refractivity contribution in [2.45, 2.75) is 0 Å². The van der Waals surface area contributed by atoms with Crippen LogP contribution in [0.25, 0.3) is 16.7 Å². The van der Waals surface area contributed by atoms with Gasteiger partial charge in [-0.1, -0.05) is 18.2 Å². The maximum absolute atomic E-state index is 12.6. The summed E-state index contributed by atoms with van der Waals surface area (Å²) in [6.45, 7) is 0. The van der Waals surface area contributed by atoms with E-state index < -0.39 is 4.92 Å². The number of nitrogens with zero attached hydrogens (tertiary/aromatic N) is 6. The summed E-state index contributed by atoms with van der Waals surface area (Å²) in [6, 6.07) is 15.2. The van der Waals surface area contributed by atoms with Crippen molar-refractivity contribution in [1.29, 1.82) is 0 Å². The maximum Gasteiger partial charge on any atom is 0.285 e. The van der Waals surface area contributed by atoms with E-state index in [9.17, 15) is 14.9 Å². The third-order valence-electron chi connectivity index (χ3n) is 3.91. The Bertz CT molecular complexity index is 1210. The summed E-state index contributed by atoms with van der Waals surface area (Å²) in [4.78, 5) is 27.1. The Balaban J connectivity index is 1.68. The van der Waals surface area contributed by atoms with Crippen molar-refractivity contribution in [3.8, 4) is 5.69 Å². The van der Waals surface area contributed by atoms with Gasteiger partial charge in [0.1, 0.15) is 11.7 Å². The van der Waals surface area contributed by atoms with Gasteiger partial charge in [0.05, 0.1) is 23.0 Å². The number of hydrogen-bond acceptors (Lipinski definition) is 6. The molecule has 27 heavy (non-hydrogen) atoms. The van der Waals surface area contributed by atoms with Crippen LogP contribution in [0.15, 0.2) is 77.0 Å². The van der Waals surface area contributed by atoms with Crippen LogP contribution in [0.4, 0.5) is 5.69 Å². The van der Waals surface area contributed by atoms with Crippen LogP contribution >= 0.6 is 0 Å². The molecule has 0 saturated heterocycles. The Kier molecular flexibility index (Phi) is 4.01. The lowest BCUT2D eigenvalue weighted by molar-refractivity contribution is -0.384. The standard InChI is InChI=1S/C18H12N6O3/c25-18-16-11-21-23(14-4-2-1-3-5-14)17(16)19-12-22(18)20-10-13-6-8-15(9-7-13)24(26)27/h1-12H/b20-10-. The van der Waals surface area contributed by atoms with Crippen LogP contribution in [0.3, 0.4) is 0 Å². The second-order valence-electron chi connectivity index (χ2n) is 5.62. The molecule has 0 radical (unpaired) electrons. The predicted molar refractivity (Wildman–Crippen MR) is 99.2 cm³/mol. The van der Waals surface area contributed by atoms with Crippen molar-refractivity contribution >= 4 is 22.9 Å². The molecule has 2 aromatic heterocycles. The Morgan fingerprint density at radius 2 is 1.81 bits per heavy atom. The minimum Gasteiger partial charge on any atom is -0.266 e. The van der Waals surface area contributed by atoms with Crippen molar-refractivity contribution in [3.63, 3.8) is 0 Å². The van der Waals surface area contributed by atoms with Gasteiger partial charge in [0.25, 0.3) is 11.2 Å². The SMILES string of the molecule is O=c1c2cnn(-c3ccccc3)c2ncn1/N=C\c1ccc([N+](=O)[O-])cc1. The van der Waals surface area contributed by atoms with E-state index in [-0.39, 0.29) is 11.2 Å². The molecule has 0 aliphatic rings. The van der Waals surface area contributed by atoms with Gasteiger partial charge in [-0.25, -0.2) is 9.67 Å². The van der Waals surface area contributed by atoms with Gasteiger partial charge in [-0.2, -0.15) is 14.9 Å². The van der Waals surface area contributed by atoms with Crippen molar-refractivity contribution < 1.29 is 4.92 Å². The molecule has 2 aromatic carbocycles. The molecule has 0 amide bonds. The molecule has 132 valence electrons. The number of para-hydroxylation sites is 1. The number of benzene rings is 2. The molecule has 0 N–H and O–H groups in total. The molecule has 9 nitrogen and oxygen atoms in total. The molecule has 9 heteroatoms. The lowest BCUT2D eigenvalue weighted by Gasteiger charge is -2.02. The zero-order valence-corrected chi connectivity index (χ0v) is 13.8. The van der Waals surface area contributed by atoms with Gasteiger partial charge in [-0.15, -0.1) is 0 Å². The van der Waals surface area contributed by atoms with Crippen molar-refractivity contribution in [2.75, 3.05) is 0 Å². The zero-order chi connectivity index (χ0) is 18.8. The fraction of sp³-hybridized carbons (Fsp3) is 0. The Labute approximate surface area is 152 Å². The number of rotatable bonds is 4. The number of hydrogen-bond donors (Lipinski definition) is 0. The zero-order valence-electron chi connectivity index (χ0n) is 13.8. The number of nitro groups is 1. The lowest BCUT2D eigenvalue weighted by atomic mass is 10.2. The molecule has 0 spiro atoms. The molecular weight excluding hydrogens is 348 g/mol. The van der Waals surface area contributed by atoms with E-state index in [1.807, 2.05) is 30.3 Å². The monoisotopic (exact) mass is 360 g/mol. The fourth-order valence-electron chi connectivity index (χ4n) is 2.55. The maximum atomic E-state index is 12.6. The lowest BCUT2D eigenvalue weighted by Crippen LogP contribution is -2.17. The van der Waals surface area contributed by atoms with Crippen LogP contribution < -0.4 is 5.56 Å². The molecule has 0 saturated carbocycles. The van der Waals surface area contributed by atoms with Crippen LogP contribution in [-0.2, 0) is 0 Å². The molecule has 0 fully saturated rings. The first-order valence-electron chi connectivity index (χ1n) is 7.93. The first kappa shape index (κ1) is 16.3. The van der Waals surface area contributed by atoms with Crippen LogP contribution in [-0.4, -0.2) is 30.6 Å². The van der Waals surface area contributed by atoms with E-state index >= 15 is 0 Å². The normalized spacial score (nSPS) is 11.3. The second kappa shape index (κ2) is 6.64. The molecule has 0 aliphatic carbocycles. The smallest absolute Gasteiger partial charge is 0.266 e. The van der Waals surface area contributed by atoms with Gasteiger partial charge in [0, 0.05) is 12.1 Å². The summed E-state index contributed by atoms with van der Waals surface area (Å²) in [5.74, 6) is 0. The Morgan fingerprint density at radius 3 is 2.52 bits per heavy atom. The average molecular weight is 360 g/mol. The third kappa shape index (κ3) is 3.09. The Hall–Kier alpha value is -4.14. The minimum atomic E-state index is -0.479. The highest BCUT2D eigenvalue weighted by molar-refractivity contribution is 5.80. The van der Waals surface area contributed by atoms with Crippen molar-refractivity contribution in [3.05, 3.63) is 93.2 Å². The molecular formula is C18H12N6O3. The minimum absolute atomic E-state index is 0.0132. The summed E-state index contributed by atoms with van der Waals surface area (Å²) in [5, 5.41) is 19.3. The molecule has 0 aliphatic heterocycles. The first-order valence-corrected chi connectivity index (χ1v) is 7.93. The van der Waals surface area contributed by atoms with Crippen LogP contribution in [0.1, 0.15) is 5.56 Å². The van der Waals surface area contributed by atoms with E-state index in [2.05, 4.69) is 15.2 Å². The van der Waals surface area contributed by atoms with E-state index in [4.69, 9.17) is 0 Å². The molecule has 4 rings (SSSR count). The van der Waals surface area contributed by atoms with Gasteiger partial charge < -0.3 is 0 Å². The molecule has 0 unspecified atom stereocenters. The fourth-order valence-corrected chi connectivity index (χ4v) is 2.55. The largest absolute Gasteiger partial charge is 0.285 e. The number of non-ortho nitro benzene ring substituents is 1. The molecule has 0 bridgehead atoms. The van der Waals surface area contributed by atoms with E-state index in [1.165, 1.54) is 30.9 Å². The van der Waals surface area contributed by atoms with Crippen LogP contribution in [0, 0.1) is 10.1 Å². The van der Waals surface area contributed by atoms with Crippen LogP contribution in [0.2, 0.25) is 0 Å². The Morgan fingerprint density at radius 1 is 1.07 bits per heavy atom. The summed E-state index contributed by atoms with van der Waals surface area (Å²) >= 11 is 0. The van der Waals surface area contributed by atoms with E-state index in [0.717, 1.165) is 10.4 Å². The number of fused-ring (bicyclic) bond motifs is 1. The predicted octanol–water partition coefficient (Wildman–Crippen LogP) is 2.37. The van der Waals surface area contributed by atoms with Gasteiger partial charge in [0.2, 0.25) is 0 Å². The highest BCUT2D eigenvalue weighted by atomic mass is 16.6. The molecule has 0 atom stereocenters. The summed E-state index contributed by atoms with van der Waals surface area (Å²) in [7, 11) is 0. The summed E-state index contributed by atoms with van der Waals surface area (Å²) in [5.41, 5.74) is 1.48. The van der Waals surface area contributed by atoms with Crippen molar-refractivity contribution in [2.24, 2.45) is 5.10 Å². The highest BCUT2D eigenvalue weighted by Gasteiger charge is 2.11. The van der Waals surface area contributed by atoms with Crippen LogP contribution in [0.5, 0.6) is 0 Å². The molecule has 2 heterocycles.